The molecule has 0 spiro atoms. The number of aryl methyl sites for hydroxylation is 2. The molecule has 1 atom stereocenters. The van der Waals surface area contributed by atoms with Crippen molar-refractivity contribution >= 4 is 21.6 Å². The van der Waals surface area contributed by atoms with Gasteiger partial charge >= 0.3 is 0 Å². The number of anilines is 1. The Bertz CT molecular complexity index is 635. The van der Waals surface area contributed by atoms with Crippen LogP contribution in [0.1, 0.15) is 30.9 Å². The number of carbonyl (C=O) groups excluding carboxylic acids is 1. The molecular formula is C16H24N2O3S. The molecule has 0 radical (unpaired) electrons. The molecule has 0 aliphatic carbocycles. The second kappa shape index (κ2) is 6.79. The Morgan fingerprint density at radius 2 is 1.91 bits per heavy atom. The summed E-state index contributed by atoms with van der Waals surface area (Å²) in [6.07, 6.45) is 1.45. The highest BCUT2D eigenvalue weighted by Crippen LogP contribution is 2.22. The van der Waals surface area contributed by atoms with Gasteiger partial charge in [0, 0.05) is 18.8 Å². The van der Waals surface area contributed by atoms with Gasteiger partial charge in [-0.05, 0) is 56.9 Å². The van der Waals surface area contributed by atoms with Crippen LogP contribution in [-0.4, -0.2) is 37.5 Å². The van der Waals surface area contributed by atoms with E-state index in [4.69, 9.17) is 0 Å². The molecule has 1 saturated heterocycles. The fourth-order valence-electron chi connectivity index (χ4n) is 2.88. The van der Waals surface area contributed by atoms with E-state index >= 15 is 0 Å². The summed E-state index contributed by atoms with van der Waals surface area (Å²) in [5.41, 5.74) is 2.96. The van der Waals surface area contributed by atoms with E-state index in [9.17, 15) is 13.2 Å². The Balaban J connectivity index is 2.06. The maximum Gasteiger partial charge on any atom is 0.228 e. The third-order valence-corrected chi connectivity index (χ3v) is 5.85. The van der Waals surface area contributed by atoms with Crippen LogP contribution in [-0.2, 0) is 14.8 Å². The van der Waals surface area contributed by atoms with Crippen LogP contribution in [0.4, 0.5) is 5.69 Å². The number of carbonyl (C=O) groups is 1. The highest BCUT2D eigenvalue weighted by Gasteiger charge is 2.31. The zero-order valence-corrected chi connectivity index (χ0v) is 14.2. The molecule has 1 aliphatic heterocycles. The van der Waals surface area contributed by atoms with E-state index in [1.807, 2.05) is 32.0 Å². The van der Waals surface area contributed by atoms with Crippen molar-refractivity contribution in [1.82, 2.24) is 4.31 Å². The molecule has 1 heterocycles. The first kappa shape index (κ1) is 17.0. The number of hydrogen-bond acceptors (Lipinski definition) is 3. The van der Waals surface area contributed by atoms with Crippen LogP contribution in [0.5, 0.6) is 0 Å². The smallest absolute Gasteiger partial charge is 0.228 e. The second-order valence-electron chi connectivity index (χ2n) is 5.96. The molecule has 2 rings (SSSR count). The number of piperidine rings is 1. The lowest BCUT2D eigenvalue weighted by atomic mass is 9.98. The van der Waals surface area contributed by atoms with Gasteiger partial charge in [0.25, 0.3) is 0 Å². The van der Waals surface area contributed by atoms with Crippen LogP contribution in [0.15, 0.2) is 18.2 Å². The van der Waals surface area contributed by atoms with Gasteiger partial charge in [0.15, 0.2) is 0 Å². The zero-order chi connectivity index (χ0) is 16.3. The van der Waals surface area contributed by atoms with Gasteiger partial charge in [-0.25, -0.2) is 12.7 Å². The maximum atomic E-state index is 12.4. The molecule has 0 saturated carbocycles. The van der Waals surface area contributed by atoms with Crippen LogP contribution in [0.3, 0.4) is 0 Å². The second-order valence-corrected chi connectivity index (χ2v) is 8.22. The molecule has 6 heteroatoms. The fourth-order valence-corrected chi connectivity index (χ4v) is 4.06. The van der Waals surface area contributed by atoms with Crippen molar-refractivity contribution in [3.8, 4) is 0 Å². The molecule has 0 unspecified atom stereocenters. The van der Waals surface area contributed by atoms with E-state index < -0.39 is 10.0 Å². The summed E-state index contributed by atoms with van der Waals surface area (Å²) in [4.78, 5) is 12.4. The normalized spacial score (nSPS) is 19.9. The molecule has 1 aromatic rings. The Labute approximate surface area is 132 Å². The van der Waals surface area contributed by atoms with Crippen LogP contribution in [0, 0.1) is 19.8 Å². The first-order chi connectivity index (χ1) is 10.3. The van der Waals surface area contributed by atoms with Gasteiger partial charge in [0.2, 0.25) is 15.9 Å². The number of amides is 1. The third kappa shape index (κ3) is 4.08. The zero-order valence-electron chi connectivity index (χ0n) is 13.4. The number of sulfonamides is 1. The minimum Gasteiger partial charge on any atom is -0.326 e. The largest absolute Gasteiger partial charge is 0.326 e. The third-order valence-electron chi connectivity index (χ3n) is 4.00. The Hall–Kier alpha value is -1.40. The van der Waals surface area contributed by atoms with Gasteiger partial charge < -0.3 is 5.32 Å². The van der Waals surface area contributed by atoms with Crippen LogP contribution in [0.25, 0.3) is 0 Å². The van der Waals surface area contributed by atoms with Crippen molar-refractivity contribution in [2.45, 2.75) is 33.6 Å². The first-order valence-corrected chi connectivity index (χ1v) is 9.29. The van der Waals surface area contributed by atoms with Gasteiger partial charge in [-0.2, -0.15) is 0 Å². The van der Waals surface area contributed by atoms with Crippen molar-refractivity contribution in [2.24, 2.45) is 5.92 Å². The molecule has 5 nitrogen and oxygen atoms in total. The van der Waals surface area contributed by atoms with E-state index in [0.717, 1.165) is 29.7 Å². The molecule has 1 aliphatic rings. The van der Waals surface area contributed by atoms with Crippen molar-refractivity contribution in [3.05, 3.63) is 29.3 Å². The molecule has 1 fully saturated rings. The minimum absolute atomic E-state index is 0.0818. The lowest BCUT2D eigenvalue weighted by molar-refractivity contribution is -0.120. The van der Waals surface area contributed by atoms with Crippen LogP contribution < -0.4 is 5.32 Å². The number of nitrogens with zero attached hydrogens (tertiary/aromatic N) is 1. The van der Waals surface area contributed by atoms with E-state index in [1.165, 1.54) is 4.31 Å². The fraction of sp³-hybridized carbons (Fsp3) is 0.562. The molecule has 122 valence electrons. The SMILES string of the molecule is CCS(=O)(=O)N1CCC[C@H](C(=O)Nc2cc(C)cc(C)c2)C1. The lowest BCUT2D eigenvalue weighted by Crippen LogP contribution is -2.44. The average molecular weight is 324 g/mol. The van der Waals surface area contributed by atoms with E-state index in [-0.39, 0.29) is 24.1 Å². The molecular weight excluding hydrogens is 300 g/mol. The summed E-state index contributed by atoms with van der Waals surface area (Å²) >= 11 is 0. The average Bonchev–Trinajstić information content (AvgIpc) is 2.46. The van der Waals surface area contributed by atoms with E-state index in [0.29, 0.717) is 6.54 Å². The summed E-state index contributed by atoms with van der Waals surface area (Å²) in [5.74, 6) is -0.296. The molecule has 1 N–H and O–H groups in total. The number of nitrogens with one attached hydrogen (secondary N) is 1. The molecule has 0 aromatic heterocycles. The Kier molecular flexibility index (Phi) is 5.24. The van der Waals surface area contributed by atoms with Gasteiger partial charge in [-0.1, -0.05) is 6.07 Å². The number of rotatable bonds is 4. The van der Waals surface area contributed by atoms with Gasteiger partial charge in [-0.15, -0.1) is 0 Å². The van der Waals surface area contributed by atoms with E-state index in [1.54, 1.807) is 6.92 Å². The van der Waals surface area contributed by atoms with Crippen molar-refractivity contribution in [1.29, 1.82) is 0 Å². The summed E-state index contributed by atoms with van der Waals surface area (Å²) in [5, 5.41) is 2.92. The summed E-state index contributed by atoms with van der Waals surface area (Å²) in [7, 11) is -3.22. The number of benzene rings is 1. The van der Waals surface area contributed by atoms with Gasteiger partial charge in [0.1, 0.15) is 0 Å². The predicted molar refractivity (Wildman–Crippen MR) is 88.3 cm³/mol. The molecule has 0 bridgehead atoms. The standard InChI is InChI=1S/C16H24N2O3S/c1-4-22(20,21)18-7-5-6-14(11-18)16(19)17-15-9-12(2)8-13(3)10-15/h8-10,14H,4-7,11H2,1-3H3,(H,17,19)/t14-/m0/s1. The summed E-state index contributed by atoms with van der Waals surface area (Å²) < 4.78 is 25.4. The first-order valence-electron chi connectivity index (χ1n) is 7.69. The van der Waals surface area contributed by atoms with Crippen LogP contribution >= 0.6 is 0 Å². The topological polar surface area (TPSA) is 66.5 Å². The highest BCUT2D eigenvalue weighted by atomic mass is 32.2. The molecule has 1 aromatic carbocycles. The van der Waals surface area contributed by atoms with E-state index in [2.05, 4.69) is 5.32 Å². The predicted octanol–water partition coefficient (Wildman–Crippen LogP) is 2.30. The Morgan fingerprint density at radius 3 is 2.50 bits per heavy atom. The monoisotopic (exact) mass is 324 g/mol. The quantitative estimate of drug-likeness (QED) is 0.924. The number of hydrogen-bond donors (Lipinski definition) is 1. The highest BCUT2D eigenvalue weighted by molar-refractivity contribution is 7.89. The summed E-state index contributed by atoms with van der Waals surface area (Å²) in [6, 6.07) is 5.90. The minimum atomic E-state index is -3.22. The molecule has 22 heavy (non-hydrogen) atoms. The summed E-state index contributed by atoms with van der Waals surface area (Å²) in [6.45, 7) is 6.41. The maximum absolute atomic E-state index is 12.4. The van der Waals surface area contributed by atoms with Crippen molar-refractivity contribution in [2.75, 3.05) is 24.2 Å². The van der Waals surface area contributed by atoms with Crippen molar-refractivity contribution in [3.63, 3.8) is 0 Å². The van der Waals surface area contributed by atoms with Crippen molar-refractivity contribution < 1.29 is 13.2 Å². The van der Waals surface area contributed by atoms with Gasteiger partial charge in [-0.3, -0.25) is 4.79 Å². The molecule has 1 amide bonds. The lowest BCUT2D eigenvalue weighted by Gasteiger charge is -2.30. The van der Waals surface area contributed by atoms with Crippen LogP contribution in [0.2, 0.25) is 0 Å². The van der Waals surface area contributed by atoms with Gasteiger partial charge in [0.05, 0.1) is 11.7 Å². The Morgan fingerprint density at radius 1 is 1.27 bits per heavy atom.